The lowest BCUT2D eigenvalue weighted by atomic mass is 9.95. The molecule has 1 amide bonds. The van der Waals surface area contributed by atoms with E-state index in [4.69, 9.17) is 10.5 Å². The van der Waals surface area contributed by atoms with E-state index in [0.29, 0.717) is 23.4 Å². The Kier molecular flexibility index (Phi) is 8.01. The van der Waals surface area contributed by atoms with Gasteiger partial charge in [-0.25, -0.2) is 8.96 Å². The predicted molar refractivity (Wildman–Crippen MR) is 134 cm³/mol. The van der Waals surface area contributed by atoms with Gasteiger partial charge < -0.3 is 20.7 Å². The van der Waals surface area contributed by atoms with Crippen molar-refractivity contribution in [3.63, 3.8) is 0 Å². The van der Waals surface area contributed by atoms with Crippen molar-refractivity contribution in [3.05, 3.63) is 58.8 Å². The summed E-state index contributed by atoms with van der Waals surface area (Å²) in [5.74, 6) is 0.663. The van der Waals surface area contributed by atoms with Crippen LogP contribution in [0.2, 0.25) is 0 Å². The summed E-state index contributed by atoms with van der Waals surface area (Å²) in [4.78, 5) is 13.5. The second kappa shape index (κ2) is 10.9. The molecule has 6 nitrogen and oxygen atoms in total. The monoisotopic (exact) mass is 454 g/mol. The lowest BCUT2D eigenvalue weighted by Crippen LogP contribution is -2.25. The van der Waals surface area contributed by atoms with Crippen LogP contribution in [0, 0.1) is 0 Å². The topological polar surface area (TPSA) is 80.0 Å². The second-order valence-electron chi connectivity index (χ2n) is 7.66. The van der Waals surface area contributed by atoms with Crippen molar-refractivity contribution in [3.8, 4) is 5.75 Å². The predicted octanol–water partition coefficient (Wildman–Crippen LogP) is 5.62. The first-order chi connectivity index (χ1) is 15.5. The Bertz CT molecular complexity index is 1080. The minimum absolute atomic E-state index is 0.663. The van der Waals surface area contributed by atoms with Crippen LogP contribution in [0.4, 0.5) is 21.3 Å². The van der Waals surface area contributed by atoms with E-state index in [1.807, 2.05) is 32.0 Å². The quantitative estimate of drug-likeness (QED) is 0.308. The molecule has 3 rings (SSSR count). The number of halogens is 1. The number of fused-ring (bicyclic) bond motifs is 1. The third kappa shape index (κ3) is 5.17. The molecular weight excluding hydrogens is 426 g/mol. The number of aryl methyl sites for hydroxylation is 1. The molecule has 1 heterocycles. The fourth-order valence-corrected chi connectivity index (χ4v) is 4.10. The summed E-state index contributed by atoms with van der Waals surface area (Å²) < 4.78 is 21.7. The van der Waals surface area contributed by atoms with Gasteiger partial charge in [0, 0.05) is 47.9 Å². The Morgan fingerprint density at radius 1 is 1.28 bits per heavy atom. The van der Waals surface area contributed by atoms with Gasteiger partial charge in [0.25, 0.3) is 0 Å². The lowest BCUT2D eigenvalue weighted by Gasteiger charge is -2.33. The highest BCUT2D eigenvalue weighted by molar-refractivity contribution is 7.30. The van der Waals surface area contributed by atoms with Crippen LogP contribution >= 0.6 is 9.04 Å². The van der Waals surface area contributed by atoms with E-state index in [9.17, 15) is 8.99 Å². The molecule has 0 saturated carbocycles. The van der Waals surface area contributed by atoms with Crippen molar-refractivity contribution < 1.29 is 13.7 Å². The van der Waals surface area contributed by atoms with Gasteiger partial charge >= 0.3 is 0 Å². The van der Waals surface area contributed by atoms with Crippen LogP contribution < -0.4 is 20.7 Å². The maximum Gasteiger partial charge on any atom is 0.211 e. The van der Waals surface area contributed by atoms with Gasteiger partial charge in [0.2, 0.25) is 6.41 Å². The molecule has 32 heavy (non-hydrogen) atoms. The Morgan fingerprint density at radius 3 is 2.75 bits per heavy atom. The maximum absolute atomic E-state index is 12.5. The molecule has 2 aromatic rings. The van der Waals surface area contributed by atoms with Crippen molar-refractivity contribution >= 4 is 50.4 Å². The Morgan fingerprint density at radius 2 is 2.09 bits per heavy atom. The SMILES string of the molecule is COc1cc(NC=O)c(C=C(C)C)c(N2CCCc3cc(C(=C/N)/C=N/PF)ccc32)c1. The number of carbonyl (C=O) groups is 1. The number of benzene rings is 2. The van der Waals surface area contributed by atoms with E-state index in [1.54, 1.807) is 7.11 Å². The average Bonchev–Trinajstić information content (AvgIpc) is 2.80. The first kappa shape index (κ1) is 23.5. The summed E-state index contributed by atoms with van der Waals surface area (Å²) in [5, 5.41) is 2.81. The van der Waals surface area contributed by atoms with Crippen LogP contribution in [0.3, 0.4) is 0 Å². The summed E-state index contributed by atoms with van der Waals surface area (Å²) in [5.41, 5.74) is 13.3. The number of allylic oxidation sites excluding steroid dienone is 2. The van der Waals surface area contributed by atoms with Crippen LogP contribution in [0.1, 0.15) is 37.0 Å². The molecule has 0 aliphatic carbocycles. The van der Waals surface area contributed by atoms with E-state index < -0.39 is 9.04 Å². The van der Waals surface area contributed by atoms with Crippen LogP contribution in [-0.4, -0.2) is 26.3 Å². The standard InChI is InChI=1S/C24H28FN4O2P/c1-16(2)9-21-22(27-15-30)11-20(31-3)12-24(21)29-8-4-5-18-10-17(6-7-23(18)29)19(13-26)14-28-32-25/h6-7,9-15,32H,4-5,8,26H2,1-3H3,(H,27,30)/b19-13+,28-14+. The van der Waals surface area contributed by atoms with Gasteiger partial charge in [-0.15, -0.1) is 0 Å². The minimum Gasteiger partial charge on any atom is -0.497 e. The summed E-state index contributed by atoms with van der Waals surface area (Å²) >= 11 is 0. The van der Waals surface area contributed by atoms with E-state index in [2.05, 4.69) is 33.2 Å². The molecule has 1 atom stereocenters. The molecule has 0 aromatic heterocycles. The lowest BCUT2D eigenvalue weighted by molar-refractivity contribution is -0.105. The summed E-state index contributed by atoms with van der Waals surface area (Å²) in [6.07, 6.45) is 7.52. The largest absolute Gasteiger partial charge is 0.497 e. The van der Waals surface area contributed by atoms with Crippen molar-refractivity contribution in [1.29, 1.82) is 0 Å². The van der Waals surface area contributed by atoms with E-state index in [-0.39, 0.29) is 0 Å². The third-order valence-electron chi connectivity index (χ3n) is 5.27. The molecule has 1 aliphatic rings. The van der Waals surface area contributed by atoms with E-state index in [0.717, 1.165) is 47.5 Å². The van der Waals surface area contributed by atoms with Gasteiger partial charge in [0.15, 0.2) is 9.04 Å². The Hall–Kier alpha value is -3.18. The highest BCUT2D eigenvalue weighted by atomic mass is 31.1. The average molecular weight is 454 g/mol. The molecular formula is C24H28FN4O2P. The second-order valence-corrected chi connectivity index (χ2v) is 8.08. The molecule has 0 saturated heterocycles. The van der Waals surface area contributed by atoms with Gasteiger partial charge in [0.05, 0.1) is 18.5 Å². The highest BCUT2D eigenvalue weighted by Crippen LogP contribution is 2.41. The summed E-state index contributed by atoms with van der Waals surface area (Å²) in [6.45, 7) is 4.87. The van der Waals surface area contributed by atoms with Gasteiger partial charge in [-0.3, -0.25) is 4.79 Å². The number of nitrogens with two attached hydrogens (primary N) is 1. The molecule has 0 spiro atoms. The van der Waals surface area contributed by atoms with Crippen LogP contribution in [0.15, 0.2) is 46.9 Å². The number of anilines is 3. The zero-order valence-corrected chi connectivity index (χ0v) is 19.5. The number of hydrogen-bond acceptors (Lipinski definition) is 5. The van der Waals surface area contributed by atoms with Crippen molar-refractivity contribution in [1.82, 2.24) is 0 Å². The van der Waals surface area contributed by atoms with Crippen molar-refractivity contribution in [2.45, 2.75) is 26.7 Å². The number of hydrogen-bond donors (Lipinski definition) is 2. The number of amides is 1. The fraction of sp³-hybridized carbons (Fsp3) is 0.250. The Balaban J connectivity index is 2.15. The fourth-order valence-electron chi connectivity index (χ4n) is 3.91. The molecule has 0 radical (unpaired) electrons. The molecule has 0 bridgehead atoms. The smallest absolute Gasteiger partial charge is 0.211 e. The number of carbonyl (C=O) groups excluding carboxylic acids is 1. The molecule has 8 heteroatoms. The number of rotatable bonds is 8. The van der Waals surface area contributed by atoms with Gasteiger partial charge in [-0.05, 0) is 49.9 Å². The van der Waals surface area contributed by atoms with Crippen LogP contribution in [-0.2, 0) is 11.2 Å². The van der Waals surface area contributed by atoms with Gasteiger partial charge in [0.1, 0.15) is 5.75 Å². The minimum atomic E-state index is -1.01. The zero-order chi connectivity index (χ0) is 23.1. The summed E-state index contributed by atoms with van der Waals surface area (Å²) in [7, 11) is 0.604. The van der Waals surface area contributed by atoms with Crippen molar-refractivity contribution in [2.24, 2.45) is 10.5 Å². The zero-order valence-electron chi connectivity index (χ0n) is 18.5. The van der Waals surface area contributed by atoms with Crippen LogP contribution in [0.25, 0.3) is 11.6 Å². The third-order valence-corrected chi connectivity index (χ3v) is 5.50. The molecule has 2 aromatic carbocycles. The molecule has 168 valence electrons. The van der Waals surface area contributed by atoms with Gasteiger partial charge in [-0.1, -0.05) is 17.7 Å². The first-order valence-electron chi connectivity index (χ1n) is 10.3. The van der Waals surface area contributed by atoms with Crippen molar-refractivity contribution in [2.75, 3.05) is 23.9 Å². The molecule has 3 N–H and O–H groups in total. The highest BCUT2D eigenvalue weighted by Gasteiger charge is 2.23. The first-order valence-corrected chi connectivity index (χ1v) is 11.1. The van der Waals surface area contributed by atoms with E-state index in [1.165, 1.54) is 18.0 Å². The number of ether oxygens (including phenoxy) is 1. The number of nitrogens with one attached hydrogen (secondary N) is 1. The number of methoxy groups -OCH3 is 1. The normalized spacial score (nSPS) is 14.0. The Labute approximate surface area is 190 Å². The van der Waals surface area contributed by atoms with Gasteiger partial charge in [-0.2, -0.15) is 0 Å². The van der Waals surface area contributed by atoms with E-state index >= 15 is 0 Å². The summed E-state index contributed by atoms with van der Waals surface area (Å²) in [6, 6.07) is 9.92. The molecule has 1 aliphatic heterocycles. The molecule has 1 unspecified atom stereocenters. The maximum atomic E-state index is 12.5. The number of nitrogens with zero attached hydrogens (tertiary/aromatic N) is 2. The molecule has 0 fully saturated rings. The van der Waals surface area contributed by atoms with Crippen LogP contribution in [0.5, 0.6) is 5.75 Å².